The van der Waals surface area contributed by atoms with Gasteiger partial charge in [0.25, 0.3) is 0 Å². The normalized spacial score (nSPS) is 10.7. The molecular formula is C13H10BrN5S. The van der Waals surface area contributed by atoms with Crippen molar-refractivity contribution in [1.29, 1.82) is 0 Å². The fraction of sp³-hybridized carbons (Fsp3) is 0.0769. The van der Waals surface area contributed by atoms with E-state index >= 15 is 0 Å². The van der Waals surface area contributed by atoms with Gasteiger partial charge in [-0.15, -0.1) is 0 Å². The molecule has 3 heterocycles. The highest BCUT2D eigenvalue weighted by molar-refractivity contribution is 9.10. The van der Waals surface area contributed by atoms with Crippen LogP contribution in [0.25, 0.3) is 0 Å². The molecule has 0 spiro atoms. The van der Waals surface area contributed by atoms with Crippen molar-refractivity contribution >= 4 is 27.7 Å². The molecule has 20 heavy (non-hydrogen) atoms. The molecule has 7 heteroatoms. The summed E-state index contributed by atoms with van der Waals surface area (Å²) in [6.07, 6.45) is 8.93. The number of halogens is 1. The SMILES string of the molecule is Brc1cnc(Sc2nccn2Cc2ccccn2)nc1. The number of imidazole rings is 1. The molecule has 0 atom stereocenters. The van der Waals surface area contributed by atoms with E-state index in [2.05, 4.69) is 35.9 Å². The van der Waals surface area contributed by atoms with Crippen molar-refractivity contribution in [3.63, 3.8) is 0 Å². The quantitative estimate of drug-likeness (QED) is 0.679. The molecule has 0 aliphatic rings. The van der Waals surface area contributed by atoms with E-state index in [1.165, 1.54) is 11.8 Å². The Balaban J connectivity index is 1.78. The Bertz CT molecular complexity index is 683. The van der Waals surface area contributed by atoms with Gasteiger partial charge >= 0.3 is 0 Å². The highest BCUT2D eigenvalue weighted by Gasteiger charge is 2.08. The predicted molar refractivity (Wildman–Crippen MR) is 79.4 cm³/mol. The van der Waals surface area contributed by atoms with E-state index in [0.717, 1.165) is 15.3 Å². The smallest absolute Gasteiger partial charge is 0.195 e. The topological polar surface area (TPSA) is 56.5 Å². The van der Waals surface area contributed by atoms with Crippen LogP contribution < -0.4 is 0 Å². The minimum absolute atomic E-state index is 0.668. The van der Waals surface area contributed by atoms with Gasteiger partial charge in [0.05, 0.1) is 16.7 Å². The van der Waals surface area contributed by atoms with Crippen molar-refractivity contribution < 1.29 is 0 Å². The van der Waals surface area contributed by atoms with Crippen LogP contribution in [-0.2, 0) is 6.54 Å². The van der Waals surface area contributed by atoms with Crippen molar-refractivity contribution in [2.24, 2.45) is 0 Å². The van der Waals surface area contributed by atoms with Gasteiger partial charge in [-0.25, -0.2) is 15.0 Å². The van der Waals surface area contributed by atoms with Gasteiger partial charge in [-0.1, -0.05) is 6.07 Å². The summed E-state index contributed by atoms with van der Waals surface area (Å²) in [5, 5.41) is 1.51. The largest absolute Gasteiger partial charge is 0.320 e. The molecule has 0 unspecified atom stereocenters. The zero-order valence-corrected chi connectivity index (χ0v) is 12.8. The monoisotopic (exact) mass is 347 g/mol. The summed E-state index contributed by atoms with van der Waals surface area (Å²) < 4.78 is 2.89. The maximum Gasteiger partial charge on any atom is 0.195 e. The summed E-state index contributed by atoms with van der Waals surface area (Å²) in [5.41, 5.74) is 0.990. The zero-order chi connectivity index (χ0) is 13.8. The van der Waals surface area contributed by atoms with E-state index in [-0.39, 0.29) is 0 Å². The molecular weight excluding hydrogens is 338 g/mol. The van der Waals surface area contributed by atoms with Crippen LogP contribution in [0.15, 0.2) is 64.0 Å². The third-order valence-corrected chi connectivity index (χ3v) is 3.84. The van der Waals surface area contributed by atoms with Gasteiger partial charge in [0, 0.05) is 31.0 Å². The lowest BCUT2D eigenvalue weighted by molar-refractivity contribution is 0.692. The molecule has 3 rings (SSSR count). The molecule has 0 aliphatic heterocycles. The average molecular weight is 348 g/mol. The van der Waals surface area contributed by atoms with Crippen LogP contribution in [0, 0.1) is 0 Å². The predicted octanol–water partition coefficient (Wildman–Crippen LogP) is 3.03. The van der Waals surface area contributed by atoms with Gasteiger partial charge in [0.15, 0.2) is 10.3 Å². The van der Waals surface area contributed by atoms with Crippen molar-refractivity contribution in [3.8, 4) is 0 Å². The first kappa shape index (κ1) is 13.3. The number of pyridine rings is 1. The summed E-state index contributed by atoms with van der Waals surface area (Å²) in [6.45, 7) is 0.680. The van der Waals surface area contributed by atoms with Gasteiger partial charge in [0.2, 0.25) is 0 Å². The molecule has 0 fully saturated rings. The Morgan fingerprint density at radius 1 is 1.05 bits per heavy atom. The lowest BCUT2D eigenvalue weighted by atomic mass is 10.3. The zero-order valence-electron chi connectivity index (χ0n) is 10.3. The van der Waals surface area contributed by atoms with E-state index in [0.29, 0.717) is 11.7 Å². The van der Waals surface area contributed by atoms with E-state index in [4.69, 9.17) is 0 Å². The second-order valence-electron chi connectivity index (χ2n) is 3.94. The Hall–Kier alpha value is -1.73. The van der Waals surface area contributed by atoms with Crippen LogP contribution >= 0.6 is 27.7 Å². The lowest BCUT2D eigenvalue weighted by Gasteiger charge is -2.06. The van der Waals surface area contributed by atoms with E-state index in [1.54, 1.807) is 24.8 Å². The lowest BCUT2D eigenvalue weighted by Crippen LogP contribution is -2.02. The number of hydrogen-bond acceptors (Lipinski definition) is 5. The Kier molecular flexibility index (Phi) is 4.08. The number of nitrogens with zero attached hydrogens (tertiary/aromatic N) is 5. The van der Waals surface area contributed by atoms with Crippen LogP contribution in [0.5, 0.6) is 0 Å². The maximum absolute atomic E-state index is 4.34. The van der Waals surface area contributed by atoms with Crippen molar-refractivity contribution in [1.82, 2.24) is 24.5 Å². The Morgan fingerprint density at radius 2 is 1.90 bits per heavy atom. The minimum atomic E-state index is 0.668. The number of hydrogen-bond donors (Lipinski definition) is 0. The first-order valence-corrected chi connectivity index (χ1v) is 7.48. The standard InChI is InChI=1S/C13H10BrN5S/c14-10-7-17-12(18-8-10)20-13-16-5-6-19(13)9-11-3-1-2-4-15-11/h1-8H,9H2. The molecule has 100 valence electrons. The minimum Gasteiger partial charge on any atom is -0.320 e. The fourth-order valence-corrected chi connectivity index (χ4v) is 2.56. The summed E-state index contributed by atoms with van der Waals surface area (Å²) in [6, 6.07) is 5.87. The van der Waals surface area contributed by atoms with Crippen LogP contribution in [0.3, 0.4) is 0 Å². The van der Waals surface area contributed by atoms with Crippen LogP contribution in [0.1, 0.15) is 5.69 Å². The third kappa shape index (κ3) is 3.23. The molecule has 0 aliphatic carbocycles. The number of rotatable bonds is 4. The first-order chi connectivity index (χ1) is 9.81. The highest BCUT2D eigenvalue weighted by atomic mass is 79.9. The van der Waals surface area contributed by atoms with Gasteiger partial charge in [-0.3, -0.25) is 4.98 Å². The van der Waals surface area contributed by atoms with Gasteiger partial charge < -0.3 is 4.57 Å². The van der Waals surface area contributed by atoms with E-state index < -0.39 is 0 Å². The highest BCUT2D eigenvalue weighted by Crippen LogP contribution is 2.23. The average Bonchev–Trinajstić information content (AvgIpc) is 2.90. The molecule has 0 saturated carbocycles. The summed E-state index contributed by atoms with van der Waals surface area (Å²) in [4.78, 5) is 17.1. The molecule has 0 N–H and O–H groups in total. The van der Waals surface area contributed by atoms with Crippen LogP contribution in [0.2, 0.25) is 0 Å². The fourth-order valence-electron chi connectivity index (χ4n) is 1.62. The molecule has 0 amide bonds. The second kappa shape index (κ2) is 6.15. The molecule has 0 radical (unpaired) electrons. The second-order valence-corrected chi connectivity index (χ2v) is 5.79. The maximum atomic E-state index is 4.34. The molecule has 0 bridgehead atoms. The molecule has 0 aromatic carbocycles. The van der Waals surface area contributed by atoms with Crippen molar-refractivity contribution in [2.75, 3.05) is 0 Å². The van der Waals surface area contributed by atoms with Crippen LogP contribution in [-0.4, -0.2) is 24.5 Å². The first-order valence-electron chi connectivity index (χ1n) is 5.88. The van der Waals surface area contributed by atoms with E-state index in [1.807, 2.05) is 29.0 Å². The molecule has 5 nitrogen and oxygen atoms in total. The van der Waals surface area contributed by atoms with Gasteiger partial charge in [0.1, 0.15) is 0 Å². The number of aromatic nitrogens is 5. The van der Waals surface area contributed by atoms with Gasteiger partial charge in [-0.2, -0.15) is 0 Å². The van der Waals surface area contributed by atoms with Crippen molar-refractivity contribution in [3.05, 3.63) is 59.3 Å². The summed E-state index contributed by atoms with van der Waals surface area (Å²) in [5.74, 6) is 0. The molecule has 3 aromatic rings. The Labute approximate surface area is 128 Å². The third-order valence-electron chi connectivity index (χ3n) is 2.51. The van der Waals surface area contributed by atoms with Gasteiger partial charge in [-0.05, 0) is 39.8 Å². The van der Waals surface area contributed by atoms with E-state index in [9.17, 15) is 0 Å². The van der Waals surface area contributed by atoms with Crippen LogP contribution in [0.4, 0.5) is 0 Å². The Morgan fingerprint density at radius 3 is 2.65 bits per heavy atom. The van der Waals surface area contributed by atoms with Crippen molar-refractivity contribution in [2.45, 2.75) is 16.9 Å². The molecule has 3 aromatic heterocycles. The summed E-state index contributed by atoms with van der Waals surface area (Å²) in [7, 11) is 0. The molecule has 0 saturated heterocycles. The summed E-state index contributed by atoms with van der Waals surface area (Å²) >= 11 is 4.75.